The van der Waals surface area contributed by atoms with E-state index in [-0.39, 0.29) is 5.97 Å². The molecule has 30 heavy (non-hydrogen) atoms. The van der Waals surface area contributed by atoms with Gasteiger partial charge in [-0.3, -0.25) is 4.57 Å². The number of nitrogens with zero attached hydrogens (tertiary/aromatic N) is 2. The molecule has 1 unspecified atom stereocenters. The smallest absolute Gasteiger partial charge is 0.338 e. The number of rotatable bonds is 6. The predicted octanol–water partition coefficient (Wildman–Crippen LogP) is 4.30. The van der Waals surface area contributed by atoms with E-state index in [1.165, 1.54) is 0 Å². The van der Waals surface area contributed by atoms with Crippen molar-refractivity contribution < 1.29 is 19.0 Å². The quantitative estimate of drug-likeness (QED) is 0.614. The van der Waals surface area contributed by atoms with Crippen LogP contribution >= 0.6 is 0 Å². The monoisotopic (exact) mass is 407 g/mol. The van der Waals surface area contributed by atoms with Crippen LogP contribution in [0, 0.1) is 0 Å². The Hall–Kier alpha value is -3.48. The maximum Gasteiger partial charge on any atom is 0.338 e. The minimum atomic E-state index is -0.419. The number of benzene rings is 2. The summed E-state index contributed by atoms with van der Waals surface area (Å²) in [5.41, 5.74) is 3.91. The second-order valence-electron chi connectivity index (χ2n) is 6.92. The molecule has 7 heteroatoms. The number of fused-ring (bicyclic) bond motifs is 3. The van der Waals surface area contributed by atoms with E-state index in [0.717, 1.165) is 16.6 Å². The summed E-state index contributed by atoms with van der Waals surface area (Å²) in [4.78, 5) is 17.7. The SMILES string of the molecule is CCOC(=O)C1=C(C)Nc2nc3ccccc3n2C1c1ccc(OCC)c(OC)c1. The van der Waals surface area contributed by atoms with Crippen LogP contribution in [0.2, 0.25) is 0 Å². The van der Waals surface area contributed by atoms with Crippen LogP contribution in [0.15, 0.2) is 53.7 Å². The number of imidazole rings is 1. The molecule has 1 aromatic heterocycles. The number of hydrogen-bond donors (Lipinski definition) is 1. The number of anilines is 1. The van der Waals surface area contributed by atoms with Gasteiger partial charge in [0.15, 0.2) is 11.5 Å². The van der Waals surface area contributed by atoms with Crippen molar-refractivity contribution in [2.24, 2.45) is 0 Å². The van der Waals surface area contributed by atoms with Crippen molar-refractivity contribution in [3.8, 4) is 11.5 Å². The lowest BCUT2D eigenvalue weighted by Crippen LogP contribution is -2.29. The number of aromatic nitrogens is 2. The van der Waals surface area contributed by atoms with E-state index in [2.05, 4.69) is 5.32 Å². The van der Waals surface area contributed by atoms with Crippen molar-refractivity contribution in [2.45, 2.75) is 26.8 Å². The number of carbonyl (C=O) groups is 1. The Morgan fingerprint density at radius 3 is 2.67 bits per heavy atom. The van der Waals surface area contributed by atoms with Gasteiger partial charge in [0, 0.05) is 5.70 Å². The average molecular weight is 407 g/mol. The Morgan fingerprint density at radius 1 is 1.13 bits per heavy atom. The van der Waals surface area contributed by atoms with Crippen LogP contribution in [-0.2, 0) is 9.53 Å². The van der Waals surface area contributed by atoms with E-state index in [9.17, 15) is 4.79 Å². The first-order valence-electron chi connectivity index (χ1n) is 10.0. The summed E-state index contributed by atoms with van der Waals surface area (Å²) in [5.74, 6) is 1.59. The molecule has 0 aliphatic carbocycles. The van der Waals surface area contributed by atoms with Crippen molar-refractivity contribution in [1.82, 2.24) is 9.55 Å². The Bertz CT molecular complexity index is 1130. The van der Waals surface area contributed by atoms with Crippen LogP contribution in [0.1, 0.15) is 32.4 Å². The first-order chi connectivity index (χ1) is 14.6. The molecule has 0 radical (unpaired) electrons. The molecule has 1 aliphatic heterocycles. The van der Waals surface area contributed by atoms with Gasteiger partial charge in [0.25, 0.3) is 0 Å². The van der Waals surface area contributed by atoms with E-state index in [4.69, 9.17) is 19.2 Å². The highest BCUT2D eigenvalue weighted by Crippen LogP contribution is 2.41. The third-order valence-electron chi connectivity index (χ3n) is 5.13. The van der Waals surface area contributed by atoms with Gasteiger partial charge < -0.3 is 19.5 Å². The van der Waals surface area contributed by atoms with Crippen LogP contribution in [0.4, 0.5) is 5.95 Å². The minimum Gasteiger partial charge on any atom is -0.493 e. The molecule has 156 valence electrons. The maximum absolute atomic E-state index is 13.0. The second kappa shape index (κ2) is 8.10. The van der Waals surface area contributed by atoms with Gasteiger partial charge in [-0.15, -0.1) is 0 Å². The molecule has 3 aromatic rings. The Kier molecular flexibility index (Phi) is 5.35. The molecule has 1 aliphatic rings. The first-order valence-corrected chi connectivity index (χ1v) is 10.0. The van der Waals surface area contributed by atoms with E-state index in [0.29, 0.717) is 41.9 Å². The van der Waals surface area contributed by atoms with Gasteiger partial charge in [-0.25, -0.2) is 9.78 Å². The van der Waals surface area contributed by atoms with Gasteiger partial charge in [-0.2, -0.15) is 0 Å². The largest absolute Gasteiger partial charge is 0.493 e. The Balaban J connectivity index is 1.95. The van der Waals surface area contributed by atoms with Gasteiger partial charge in [0.1, 0.15) is 0 Å². The summed E-state index contributed by atoms with van der Waals surface area (Å²) in [5, 5.41) is 3.27. The fraction of sp³-hybridized carbons (Fsp3) is 0.304. The lowest BCUT2D eigenvalue weighted by Gasteiger charge is -2.30. The zero-order valence-corrected chi connectivity index (χ0v) is 17.6. The molecule has 0 amide bonds. The molecule has 7 nitrogen and oxygen atoms in total. The molecule has 1 atom stereocenters. The molecule has 0 saturated heterocycles. The number of para-hydroxylation sites is 2. The summed E-state index contributed by atoms with van der Waals surface area (Å²) >= 11 is 0. The van der Waals surface area contributed by atoms with E-state index in [1.54, 1.807) is 14.0 Å². The molecule has 0 saturated carbocycles. The minimum absolute atomic E-state index is 0.298. The molecule has 4 rings (SSSR count). The van der Waals surface area contributed by atoms with Crippen LogP contribution in [0.5, 0.6) is 11.5 Å². The highest BCUT2D eigenvalue weighted by atomic mass is 16.5. The molecule has 0 fully saturated rings. The number of nitrogens with one attached hydrogen (secondary N) is 1. The number of methoxy groups -OCH3 is 1. The normalized spacial score (nSPS) is 15.5. The third kappa shape index (κ3) is 3.26. The number of allylic oxidation sites excluding steroid dienone is 1. The van der Waals surface area contributed by atoms with Gasteiger partial charge in [-0.1, -0.05) is 18.2 Å². The van der Waals surface area contributed by atoms with Crippen molar-refractivity contribution >= 4 is 23.0 Å². The highest BCUT2D eigenvalue weighted by molar-refractivity contribution is 5.94. The summed E-state index contributed by atoms with van der Waals surface area (Å²) in [6, 6.07) is 13.2. The molecule has 1 N–H and O–H groups in total. The van der Waals surface area contributed by atoms with Crippen LogP contribution in [0.3, 0.4) is 0 Å². The molecular formula is C23H25N3O4. The van der Waals surface area contributed by atoms with Gasteiger partial charge in [0.05, 0.1) is 43.0 Å². The highest BCUT2D eigenvalue weighted by Gasteiger charge is 2.35. The fourth-order valence-corrected chi connectivity index (χ4v) is 3.88. The average Bonchev–Trinajstić information content (AvgIpc) is 3.11. The lowest BCUT2D eigenvalue weighted by molar-refractivity contribution is -0.139. The number of esters is 1. The second-order valence-corrected chi connectivity index (χ2v) is 6.92. The van der Waals surface area contributed by atoms with Crippen molar-refractivity contribution in [1.29, 1.82) is 0 Å². The van der Waals surface area contributed by atoms with Crippen LogP contribution in [0.25, 0.3) is 11.0 Å². The maximum atomic E-state index is 13.0. The van der Waals surface area contributed by atoms with Gasteiger partial charge >= 0.3 is 5.97 Å². The number of ether oxygens (including phenoxy) is 3. The fourth-order valence-electron chi connectivity index (χ4n) is 3.88. The molecule has 2 heterocycles. The summed E-state index contributed by atoms with van der Waals surface area (Å²) in [6.07, 6.45) is 0. The Morgan fingerprint density at radius 2 is 1.93 bits per heavy atom. The van der Waals surface area contributed by atoms with Crippen molar-refractivity contribution in [3.63, 3.8) is 0 Å². The van der Waals surface area contributed by atoms with Crippen LogP contribution in [-0.4, -0.2) is 35.8 Å². The van der Waals surface area contributed by atoms with Crippen molar-refractivity contribution in [3.05, 3.63) is 59.3 Å². The van der Waals surface area contributed by atoms with Crippen molar-refractivity contribution in [2.75, 3.05) is 25.6 Å². The summed E-state index contributed by atoms with van der Waals surface area (Å²) in [7, 11) is 1.61. The number of carbonyl (C=O) groups excluding carboxylic acids is 1. The standard InChI is InChI=1S/C23H25N3O4/c1-5-29-18-12-11-15(13-19(18)28-4)21-20(22(27)30-6-2)14(3)24-23-25-16-9-7-8-10-17(16)26(21)23/h7-13,21H,5-6H2,1-4H3,(H,24,25). The van der Waals surface area contributed by atoms with Gasteiger partial charge in [0.2, 0.25) is 5.95 Å². The molecule has 0 spiro atoms. The van der Waals surface area contributed by atoms with E-state index >= 15 is 0 Å². The van der Waals surface area contributed by atoms with Gasteiger partial charge in [-0.05, 0) is 50.6 Å². The zero-order valence-electron chi connectivity index (χ0n) is 17.6. The van der Waals surface area contributed by atoms with Crippen LogP contribution < -0.4 is 14.8 Å². The third-order valence-corrected chi connectivity index (χ3v) is 5.13. The van der Waals surface area contributed by atoms with E-state index in [1.807, 2.05) is 60.9 Å². The Labute approximate surface area is 175 Å². The summed E-state index contributed by atoms with van der Waals surface area (Å²) in [6.45, 7) is 6.43. The topological polar surface area (TPSA) is 74.6 Å². The first kappa shape index (κ1) is 19.8. The molecule has 2 aromatic carbocycles. The van der Waals surface area contributed by atoms with E-state index < -0.39 is 6.04 Å². The lowest BCUT2D eigenvalue weighted by atomic mass is 9.94. The molecule has 0 bridgehead atoms. The predicted molar refractivity (Wildman–Crippen MR) is 115 cm³/mol. The zero-order chi connectivity index (χ0) is 21.3. The number of hydrogen-bond acceptors (Lipinski definition) is 6. The molecular weight excluding hydrogens is 382 g/mol. The summed E-state index contributed by atoms with van der Waals surface area (Å²) < 4.78 is 18.7.